The normalized spacial score (nSPS) is 17.0. The van der Waals surface area contributed by atoms with Crippen LogP contribution in [0.25, 0.3) is 6.08 Å². The van der Waals surface area contributed by atoms with Crippen LogP contribution in [0.1, 0.15) is 11.1 Å². The molecule has 1 heterocycles. The molecule has 1 fully saturated rings. The van der Waals surface area contributed by atoms with Crippen LogP contribution in [0.2, 0.25) is 0 Å². The van der Waals surface area contributed by atoms with Gasteiger partial charge in [0.05, 0.1) is 16.9 Å². The van der Waals surface area contributed by atoms with Crippen LogP contribution >= 0.6 is 24.0 Å². The Bertz CT molecular complexity index is 881. The molecule has 0 bridgehead atoms. The summed E-state index contributed by atoms with van der Waals surface area (Å²) in [5.41, 5.74) is 1.39. The lowest BCUT2D eigenvalue weighted by atomic mass is 10.0. The van der Waals surface area contributed by atoms with Crippen molar-refractivity contribution in [3.05, 3.63) is 76.4 Å². The Labute approximate surface area is 159 Å². The van der Waals surface area contributed by atoms with Crippen LogP contribution in [0.4, 0.5) is 4.39 Å². The Hall–Kier alpha value is -2.51. The van der Waals surface area contributed by atoms with E-state index < -0.39 is 17.9 Å². The van der Waals surface area contributed by atoms with Gasteiger partial charge >= 0.3 is 0 Å². The lowest BCUT2D eigenvalue weighted by molar-refractivity contribution is -0.310. The molecule has 132 valence electrons. The van der Waals surface area contributed by atoms with Crippen LogP contribution in [0.5, 0.6) is 0 Å². The minimum atomic E-state index is -1.37. The molecular weight excluding hydrogens is 373 g/mol. The number of thiocarbonyl (C=S) groups is 1. The number of thioether (sulfide) groups is 1. The molecule has 0 saturated carbocycles. The summed E-state index contributed by atoms with van der Waals surface area (Å²) < 4.78 is 13.2. The van der Waals surface area contributed by atoms with Gasteiger partial charge in [-0.05, 0) is 35.8 Å². The highest BCUT2D eigenvalue weighted by molar-refractivity contribution is 8.26. The smallest absolute Gasteiger partial charge is 0.266 e. The van der Waals surface area contributed by atoms with E-state index in [9.17, 15) is 19.1 Å². The number of hydrogen-bond donors (Lipinski definition) is 0. The molecule has 0 N–H and O–H groups in total. The fourth-order valence-electron chi connectivity index (χ4n) is 2.58. The Kier molecular flexibility index (Phi) is 5.49. The van der Waals surface area contributed by atoms with E-state index >= 15 is 0 Å². The highest BCUT2D eigenvalue weighted by Gasteiger charge is 2.37. The number of benzene rings is 2. The van der Waals surface area contributed by atoms with Crippen LogP contribution in [0.3, 0.4) is 0 Å². The summed E-state index contributed by atoms with van der Waals surface area (Å²) in [6.45, 7) is 0. The molecule has 1 aliphatic rings. The van der Waals surface area contributed by atoms with Crippen molar-refractivity contribution in [2.75, 3.05) is 0 Å². The summed E-state index contributed by atoms with van der Waals surface area (Å²) in [4.78, 5) is 25.7. The zero-order valence-electron chi connectivity index (χ0n) is 13.4. The molecule has 1 saturated heterocycles. The zero-order chi connectivity index (χ0) is 18.7. The van der Waals surface area contributed by atoms with Gasteiger partial charge in [-0.15, -0.1) is 0 Å². The molecule has 0 aromatic heterocycles. The molecule has 1 amide bonds. The first kappa shape index (κ1) is 18.3. The highest BCUT2D eigenvalue weighted by Crippen LogP contribution is 2.34. The van der Waals surface area contributed by atoms with Gasteiger partial charge < -0.3 is 9.90 Å². The molecule has 1 aliphatic heterocycles. The Morgan fingerprint density at radius 3 is 2.46 bits per heavy atom. The van der Waals surface area contributed by atoms with Crippen molar-refractivity contribution in [3.63, 3.8) is 0 Å². The number of halogens is 1. The van der Waals surface area contributed by atoms with Crippen LogP contribution < -0.4 is 5.11 Å². The second kappa shape index (κ2) is 7.80. The van der Waals surface area contributed by atoms with Crippen molar-refractivity contribution in [1.29, 1.82) is 0 Å². The van der Waals surface area contributed by atoms with E-state index in [-0.39, 0.29) is 16.6 Å². The summed E-state index contributed by atoms with van der Waals surface area (Å²) in [5.74, 6) is -2.24. The number of carbonyl (C=O) groups is 2. The molecular formula is C19H13FNO3S2-. The first-order chi connectivity index (χ1) is 12.5. The largest absolute Gasteiger partial charge is 0.548 e. The van der Waals surface area contributed by atoms with Gasteiger partial charge in [-0.1, -0.05) is 66.4 Å². The van der Waals surface area contributed by atoms with Crippen molar-refractivity contribution < 1.29 is 19.1 Å². The molecule has 0 aliphatic carbocycles. The van der Waals surface area contributed by atoms with Gasteiger partial charge in [-0.2, -0.15) is 0 Å². The monoisotopic (exact) mass is 386 g/mol. The second-order valence-electron chi connectivity index (χ2n) is 5.63. The van der Waals surface area contributed by atoms with Crippen molar-refractivity contribution in [2.45, 2.75) is 12.5 Å². The van der Waals surface area contributed by atoms with Crippen molar-refractivity contribution in [1.82, 2.24) is 4.90 Å². The molecule has 7 heteroatoms. The molecule has 0 unspecified atom stereocenters. The number of aliphatic carboxylic acids is 1. The molecule has 2 aromatic rings. The van der Waals surface area contributed by atoms with E-state index in [2.05, 4.69) is 0 Å². The van der Waals surface area contributed by atoms with Gasteiger partial charge in [0.15, 0.2) is 0 Å². The number of rotatable bonds is 5. The SMILES string of the molecule is O=C([O-])[C@@H](Cc1ccccc1)N1C(=O)/C(=C/c2ccc(F)cc2)SC1=S. The molecule has 0 spiro atoms. The van der Waals surface area contributed by atoms with Gasteiger partial charge in [0.1, 0.15) is 10.1 Å². The van der Waals surface area contributed by atoms with Crippen molar-refractivity contribution >= 4 is 46.3 Å². The second-order valence-corrected chi connectivity index (χ2v) is 7.30. The summed E-state index contributed by atoms with van der Waals surface area (Å²) in [7, 11) is 0. The summed E-state index contributed by atoms with van der Waals surface area (Å²) in [6.07, 6.45) is 1.66. The number of carbonyl (C=O) groups excluding carboxylic acids is 2. The Balaban J connectivity index is 1.86. The van der Waals surface area contributed by atoms with Crippen LogP contribution in [-0.4, -0.2) is 27.1 Å². The molecule has 3 rings (SSSR count). The molecule has 26 heavy (non-hydrogen) atoms. The first-order valence-corrected chi connectivity index (χ1v) is 8.95. The van der Waals surface area contributed by atoms with E-state index in [4.69, 9.17) is 12.2 Å². The van der Waals surface area contributed by atoms with Gasteiger partial charge in [-0.25, -0.2) is 4.39 Å². The number of nitrogens with zero attached hydrogens (tertiary/aromatic N) is 1. The van der Waals surface area contributed by atoms with Gasteiger partial charge in [-0.3, -0.25) is 9.69 Å². The third-order valence-corrected chi connectivity index (χ3v) is 5.18. The summed E-state index contributed by atoms with van der Waals surface area (Å²) in [6, 6.07) is 13.4. The Morgan fingerprint density at radius 1 is 1.19 bits per heavy atom. The minimum absolute atomic E-state index is 0.0967. The van der Waals surface area contributed by atoms with Gasteiger partial charge in [0, 0.05) is 0 Å². The molecule has 2 aromatic carbocycles. The number of amides is 1. The quantitative estimate of drug-likeness (QED) is 0.583. The van der Waals surface area contributed by atoms with Gasteiger partial charge in [0.2, 0.25) is 0 Å². The fraction of sp³-hybridized carbons (Fsp3) is 0.105. The standard InChI is InChI=1S/C19H14FNO3S2/c20-14-8-6-13(7-9-14)11-16-17(22)21(19(25)26-16)15(18(23)24)10-12-4-2-1-3-5-12/h1-9,11,15H,10H2,(H,23,24)/p-1/b16-11-/t15-/m1/s1. The van der Waals surface area contributed by atoms with Crippen LogP contribution in [0.15, 0.2) is 59.5 Å². The minimum Gasteiger partial charge on any atom is -0.548 e. The van der Waals surface area contributed by atoms with Crippen LogP contribution in [-0.2, 0) is 16.0 Å². The van der Waals surface area contributed by atoms with Crippen molar-refractivity contribution in [2.24, 2.45) is 0 Å². The average Bonchev–Trinajstić information content (AvgIpc) is 2.89. The predicted molar refractivity (Wildman–Crippen MR) is 100 cm³/mol. The van der Waals surface area contributed by atoms with E-state index in [0.717, 1.165) is 22.2 Å². The molecule has 0 radical (unpaired) electrons. The third-order valence-electron chi connectivity index (χ3n) is 3.85. The maximum Gasteiger partial charge on any atom is 0.266 e. The highest BCUT2D eigenvalue weighted by atomic mass is 32.2. The zero-order valence-corrected chi connectivity index (χ0v) is 15.1. The lowest BCUT2D eigenvalue weighted by Gasteiger charge is -2.27. The molecule has 1 atom stereocenters. The predicted octanol–water partition coefficient (Wildman–Crippen LogP) is 2.39. The topological polar surface area (TPSA) is 60.4 Å². The van der Waals surface area contributed by atoms with Crippen LogP contribution in [0, 0.1) is 5.82 Å². The summed E-state index contributed by atoms with van der Waals surface area (Å²) >= 11 is 6.24. The number of carboxylic acids is 1. The maximum atomic E-state index is 13.0. The summed E-state index contributed by atoms with van der Waals surface area (Å²) in [5, 5.41) is 11.6. The van der Waals surface area contributed by atoms with E-state index in [1.54, 1.807) is 30.3 Å². The third kappa shape index (κ3) is 4.00. The number of hydrogen-bond acceptors (Lipinski definition) is 5. The Morgan fingerprint density at radius 2 is 1.85 bits per heavy atom. The lowest BCUT2D eigenvalue weighted by Crippen LogP contribution is -2.51. The maximum absolute atomic E-state index is 13.0. The van der Waals surface area contributed by atoms with Crippen molar-refractivity contribution in [3.8, 4) is 0 Å². The van der Waals surface area contributed by atoms with Gasteiger partial charge in [0.25, 0.3) is 5.91 Å². The number of carboxylic acid groups (broad SMARTS) is 1. The first-order valence-electron chi connectivity index (χ1n) is 7.73. The average molecular weight is 386 g/mol. The molecule has 4 nitrogen and oxygen atoms in total. The fourth-order valence-corrected chi connectivity index (χ4v) is 3.93. The van der Waals surface area contributed by atoms with E-state index in [0.29, 0.717) is 10.5 Å². The van der Waals surface area contributed by atoms with E-state index in [1.165, 1.54) is 24.3 Å². The van der Waals surface area contributed by atoms with E-state index in [1.807, 2.05) is 6.07 Å².